The molecule has 0 heterocycles. The van der Waals surface area contributed by atoms with Gasteiger partial charge in [-0.05, 0) is 23.8 Å². The summed E-state index contributed by atoms with van der Waals surface area (Å²) in [6.07, 6.45) is 3.49. The fourth-order valence-electron chi connectivity index (χ4n) is 1.80. The highest BCUT2D eigenvalue weighted by atomic mass is 19.1. The van der Waals surface area contributed by atoms with Crippen molar-refractivity contribution in [1.29, 1.82) is 0 Å². The maximum atomic E-state index is 13.8. The van der Waals surface area contributed by atoms with E-state index in [0.29, 0.717) is 11.1 Å². The second-order valence-electron chi connectivity index (χ2n) is 4.13. The Hall–Kier alpha value is -2.49. The molecule has 0 fully saturated rings. The van der Waals surface area contributed by atoms with Crippen LogP contribution in [0.25, 0.3) is 12.2 Å². The third-order valence-electron chi connectivity index (χ3n) is 2.86. The van der Waals surface area contributed by atoms with Gasteiger partial charge in [0.2, 0.25) is 5.82 Å². The van der Waals surface area contributed by atoms with Gasteiger partial charge < -0.3 is 14.6 Å². The number of halogens is 1. The van der Waals surface area contributed by atoms with E-state index < -0.39 is 5.82 Å². The Kier molecular flexibility index (Phi) is 4.25. The summed E-state index contributed by atoms with van der Waals surface area (Å²) in [4.78, 5) is 0. The lowest BCUT2D eigenvalue weighted by atomic mass is 10.1. The van der Waals surface area contributed by atoms with E-state index in [4.69, 9.17) is 9.47 Å². The number of hydrogen-bond acceptors (Lipinski definition) is 3. The second-order valence-corrected chi connectivity index (χ2v) is 4.13. The van der Waals surface area contributed by atoms with Crippen LogP contribution in [0.15, 0.2) is 36.4 Å². The molecule has 0 aliphatic carbocycles. The van der Waals surface area contributed by atoms with Crippen LogP contribution in [0, 0.1) is 5.82 Å². The van der Waals surface area contributed by atoms with E-state index in [-0.39, 0.29) is 17.2 Å². The molecule has 0 saturated carbocycles. The zero-order valence-corrected chi connectivity index (χ0v) is 11.3. The number of aromatic hydroxyl groups is 1. The van der Waals surface area contributed by atoms with E-state index in [0.717, 1.165) is 0 Å². The van der Waals surface area contributed by atoms with Crippen LogP contribution < -0.4 is 9.47 Å². The number of phenols is 1. The van der Waals surface area contributed by atoms with Crippen LogP contribution in [0.1, 0.15) is 11.1 Å². The fraction of sp³-hybridized carbons (Fsp3) is 0.125. The highest BCUT2D eigenvalue weighted by Crippen LogP contribution is 2.29. The predicted octanol–water partition coefficient (Wildman–Crippen LogP) is 3.72. The molecule has 0 spiro atoms. The van der Waals surface area contributed by atoms with Crippen LogP contribution in [-0.4, -0.2) is 19.3 Å². The molecule has 2 rings (SSSR count). The molecule has 2 aromatic rings. The topological polar surface area (TPSA) is 38.7 Å². The van der Waals surface area contributed by atoms with Gasteiger partial charge in [-0.25, -0.2) is 0 Å². The Balaban J connectivity index is 2.36. The van der Waals surface area contributed by atoms with Gasteiger partial charge in [0.05, 0.1) is 14.2 Å². The van der Waals surface area contributed by atoms with Gasteiger partial charge in [-0.2, -0.15) is 4.39 Å². The van der Waals surface area contributed by atoms with Crippen molar-refractivity contribution in [2.45, 2.75) is 0 Å². The van der Waals surface area contributed by atoms with E-state index in [1.165, 1.54) is 14.2 Å². The number of hydrogen-bond donors (Lipinski definition) is 1. The van der Waals surface area contributed by atoms with Gasteiger partial charge in [-0.1, -0.05) is 30.4 Å². The van der Waals surface area contributed by atoms with Crippen molar-refractivity contribution in [3.8, 4) is 17.2 Å². The number of methoxy groups -OCH3 is 2. The SMILES string of the molecule is COc1cc(/C=C/c2ccccc2O)cc(OC)c1F. The molecule has 104 valence electrons. The van der Waals surface area contributed by atoms with Crippen LogP contribution in [0.4, 0.5) is 4.39 Å². The lowest BCUT2D eigenvalue weighted by Gasteiger charge is -2.08. The van der Waals surface area contributed by atoms with Crippen LogP contribution in [0.5, 0.6) is 17.2 Å². The highest BCUT2D eigenvalue weighted by molar-refractivity contribution is 5.73. The summed E-state index contributed by atoms with van der Waals surface area (Å²) in [5, 5.41) is 9.67. The molecule has 0 saturated heterocycles. The Bertz CT molecular complexity index is 610. The lowest BCUT2D eigenvalue weighted by Crippen LogP contribution is -1.94. The van der Waals surface area contributed by atoms with Crippen molar-refractivity contribution < 1.29 is 19.0 Å². The van der Waals surface area contributed by atoms with Crippen LogP contribution in [0.2, 0.25) is 0 Å². The molecule has 0 unspecified atom stereocenters. The molecular weight excluding hydrogens is 259 g/mol. The summed E-state index contributed by atoms with van der Waals surface area (Å²) in [5.74, 6) is -0.123. The molecule has 1 N–H and O–H groups in total. The molecule has 0 radical (unpaired) electrons. The Labute approximate surface area is 116 Å². The maximum Gasteiger partial charge on any atom is 0.206 e. The molecule has 0 amide bonds. The minimum atomic E-state index is -0.533. The lowest BCUT2D eigenvalue weighted by molar-refractivity contribution is 0.350. The Morgan fingerprint density at radius 2 is 1.60 bits per heavy atom. The molecule has 0 bridgehead atoms. The first-order valence-corrected chi connectivity index (χ1v) is 6.03. The molecule has 0 atom stereocenters. The van der Waals surface area contributed by atoms with E-state index >= 15 is 0 Å². The molecule has 3 nitrogen and oxygen atoms in total. The normalized spacial score (nSPS) is 10.8. The van der Waals surface area contributed by atoms with Gasteiger partial charge in [0.25, 0.3) is 0 Å². The minimum absolute atomic E-state index is 0.112. The maximum absolute atomic E-state index is 13.8. The van der Waals surface area contributed by atoms with Gasteiger partial charge in [0.15, 0.2) is 11.5 Å². The van der Waals surface area contributed by atoms with Gasteiger partial charge in [-0.3, -0.25) is 0 Å². The number of benzene rings is 2. The molecule has 0 aliphatic rings. The van der Waals surface area contributed by atoms with E-state index in [1.54, 1.807) is 42.5 Å². The molecule has 4 heteroatoms. The zero-order valence-electron chi connectivity index (χ0n) is 11.3. The average Bonchev–Trinajstić information content (AvgIpc) is 2.47. The summed E-state index contributed by atoms with van der Waals surface area (Å²) in [6.45, 7) is 0. The van der Waals surface area contributed by atoms with Crippen molar-refractivity contribution in [2.24, 2.45) is 0 Å². The van der Waals surface area contributed by atoms with Crippen molar-refractivity contribution in [1.82, 2.24) is 0 Å². The first kappa shape index (κ1) is 13.9. The van der Waals surface area contributed by atoms with Gasteiger partial charge in [0, 0.05) is 5.56 Å². The molecule has 20 heavy (non-hydrogen) atoms. The zero-order chi connectivity index (χ0) is 14.5. The summed E-state index contributed by atoms with van der Waals surface area (Å²) in [7, 11) is 2.79. The fourth-order valence-corrected chi connectivity index (χ4v) is 1.80. The van der Waals surface area contributed by atoms with Gasteiger partial charge in [-0.15, -0.1) is 0 Å². The molecule has 0 aliphatic heterocycles. The van der Waals surface area contributed by atoms with Crippen LogP contribution in [0.3, 0.4) is 0 Å². The smallest absolute Gasteiger partial charge is 0.206 e. The number of para-hydroxylation sites is 1. The summed E-state index contributed by atoms with van der Waals surface area (Å²) < 4.78 is 23.7. The largest absolute Gasteiger partial charge is 0.507 e. The van der Waals surface area contributed by atoms with Gasteiger partial charge >= 0.3 is 0 Å². The molecule has 0 aromatic heterocycles. The van der Waals surface area contributed by atoms with Crippen molar-refractivity contribution in [3.05, 3.63) is 53.3 Å². The molecular formula is C16H15FO3. The number of ether oxygens (including phenoxy) is 2. The quantitative estimate of drug-likeness (QED) is 0.864. The summed E-state index contributed by atoms with van der Waals surface area (Å²) in [6, 6.07) is 10.1. The van der Waals surface area contributed by atoms with Crippen molar-refractivity contribution in [2.75, 3.05) is 14.2 Å². The molecule has 2 aromatic carbocycles. The Morgan fingerprint density at radius 3 is 2.15 bits per heavy atom. The standard InChI is InChI=1S/C16H15FO3/c1-19-14-9-11(10-15(20-2)16(14)17)7-8-12-5-3-4-6-13(12)18/h3-10,18H,1-2H3/b8-7+. The summed E-state index contributed by atoms with van der Waals surface area (Å²) >= 11 is 0. The first-order valence-electron chi connectivity index (χ1n) is 6.03. The third-order valence-corrected chi connectivity index (χ3v) is 2.86. The van der Waals surface area contributed by atoms with Crippen LogP contribution >= 0.6 is 0 Å². The predicted molar refractivity (Wildman–Crippen MR) is 76.5 cm³/mol. The van der Waals surface area contributed by atoms with E-state index in [1.807, 2.05) is 6.07 Å². The van der Waals surface area contributed by atoms with Crippen LogP contribution in [-0.2, 0) is 0 Å². The second kappa shape index (κ2) is 6.10. The number of rotatable bonds is 4. The Morgan fingerprint density at radius 1 is 1.00 bits per heavy atom. The van der Waals surface area contributed by atoms with E-state index in [2.05, 4.69) is 0 Å². The first-order chi connectivity index (χ1) is 9.65. The highest BCUT2D eigenvalue weighted by Gasteiger charge is 2.10. The monoisotopic (exact) mass is 274 g/mol. The van der Waals surface area contributed by atoms with E-state index in [9.17, 15) is 9.50 Å². The van der Waals surface area contributed by atoms with Gasteiger partial charge in [0.1, 0.15) is 5.75 Å². The van der Waals surface area contributed by atoms with Crippen molar-refractivity contribution >= 4 is 12.2 Å². The average molecular weight is 274 g/mol. The minimum Gasteiger partial charge on any atom is -0.507 e. The number of phenolic OH excluding ortho intramolecular Hbond substituents is 1. The van der Waals surface area contributed by atoms with Crippen molar-refractivity contribution in [3.63, 3.8) is 0 Å². The summed E-state index contributed by atoms with van der Waals surface area (Å²) in [5.41, 5.74) is 1.39. The third kappa shape index (κ3) is 2.91.